The van der Waals surface area contributed by atoms with Crippen LogP contribution in [0.2, 0.25) is 0 Å². The van der Waals surface area contributed by atoms with Crippen LogP contribution in [0.4, 0.5) is 10.1 Å². The van der Waals surface area contributed by atoms with Crippen LogP contribution < -0.4 is 10.6 Å². The summed E-state index contributed by atoms with van der Waals surface area (Å²) in [6, 6.07) is 4.27. The van der Waals surface area contributed by atoms with Crippen LogP contribution in [0.3, 0.4) is 0 Å². The van der Waals surface area contributed by atoms with Gasteiger partial charge in [0.1, 0.15) is 11.9 Å². The van der Waals surface area contributed by atoms with Gasteiger partial charge in [-0.2, -0.15) is 0 Å². The monoisotopic (exact) mass is 302 g/mol. The van der Waals surface area contributed by atoms with E-state index < -0.39 is 6.04 Å². The highest BCUT2D eigenvalue weighted by atomic mass is 79.9. The molecule has 0 aromatic heterocycles. The highest BCUT2D eigenvalue weighted by Gasteiger charge is 2.14. The SMILES string of the molecule is CC(C)NC(=O)C(C)Nc1ccc(Br)cc1F. The predicted octanol–water partition coefficient (Wildman–Crippen LogP) is 2.91. The lowest BCUT2D eigenvalue weighted by molar-refractivity contribution is -0.122. The van der Waals surface area contributed by atoms with Gasteiger partial charge in [-0.1, -0.05) is 15.9 Å². The maximum absolute atomic E-state index is 13.5. The van der Waals surface area contributed by atoms with E-state index in [2.05, 4.69) is 26.6 Å². The minimum Gasteiger partial charge on any atom is -0.372 e. The number of rotatable bonds is 4. The standard InChI is InChI=1S/C12H16BrFN2O/c1-7(2)15-12(17)8(3)16-11-5-4-9(13)6-10(11)14/h4-8,16H,1-3H3,(H,15,17). The van der Waals surface area contributed by atoms with Gasteiger partial charge >= 0.3 is 0 Å². The Balaban J connectivity index is 2.67. The maximum Gasteiger partial charge on any atom is 0.242 e. The molecule has 1 aromatic rings. The number of anilines is 1. The highest BCUT2D eigenvalue weighted by Crippen LogP contribution is 2.19. The Bertz CT molecular complexity index is 409. The summed E-state index contributed by atoms with van der Waals surface area (Å²) in [6.45, 7) is 5.45. The molecule has 1 amide bonds. The number of carbonyl (C=O) groups excluding carboxylic acids is 1. The third-order valence-corrected chi connectivity index (χ3v) is 2.62. The molecule has 0 spiro atoms. The predicted molar refractivity (Wildman–Crippen MR) is 70.5 cm³/mol. The van der Waals surface area contributed by atoms with Crippen LogP contribution in [0.25, 0.3) is 0 Å². The zero-order chi connectivity index (χ0) is 13.0. The summed E-state index contributed by atoms with van der Waals surface area (Å²) < 4.78 is 14.2. The van der Waals surface area contributed by atoms with E-state index in [0.717, 1.165) is 0 Å². The van der Waals surface area contributed by atoms with Crippen LogP contribution in [0, 0.1) is 5.82 Å². The third-order valence-electron chi connectivity index (χ3n) is 2.13. The van der Waals surface area contributed by atoms with E-state index in [1.165, 1.54) is 6.07 Å². The van der Waals surface area contributed by atoms with E-state index in [4.69, 9.17) is 0 Å². The number of nitrogens with one attached hydrogen (secondary N) is 2. The van der Waals surface area contributed by atoms with Gasteiger partial charge in [-0.3, -0.25) is 4.79 Å². The molecule has 1 rings (SSSR count). The Kier molecular flexibility index (Phi) is 4.93. The Hall–Kier alpha value is -1.10. The van der Waals surface area contributed by atoms with Crippen LogP contribution >= 0.6 is 15.9 Å². The van der Waals surface area contributed by atoms with Crippen molar-refractivity contribution >= 4 is 27.5 Å². The Labute approximate surface area is 109 Å². The van der Waals surface area contributed by atoms with Crippen molar-refractivity contribution < 1.29 is 9.18 Å². The summed E-state index contributed by atoms with van der Waals surface area (Å²) in [5, 5.41) is 5.60. The Morgan fingerprint density at radius 3 is 2.53 bits per heavy atom. The van der Waals surface area contributed by atoms with Gasteiger partial charge in [-0.05, 0) is 39.0 Å². The molecule has 5 heteroatoms. The molecule has 0 saturated carbocycles. The van der Waals surface area contributed by atoms with E-state index in [9.17, 15) is 9.18 Å². The molecule has 3 nitrogen and oxygen atoms in total. The van der Waals surface area contributed by atoms with Gasteiger partial charge in [-0.25, -0.2) is 4.39 Å². The molecule has 0 fully saturated rings. The number of benzene rings is 1. The number of hydrogen-bond donors (Lipinski definition) is 2. The van der Waals surface area contributed by atoms with Gasteiger partial charge in [-0.15, -0.1) is 0 Å². The van der Waals surface area contributed by atoms with Crippen LogP contribution in [0.15, 0.2) is 22.7 Å². The van der Waals surface area contributed by atoms with Gasteiger partial charge in [0, 0.05) is 10.5 Å². The van der Waals surface area contributed by atoms with Crippen molar-refractivity contribution in [3.05, 3.63) is 28.5 Å². The van der Waals surface area contributed by atoms with Crippen molar-refractivity contribution in [1.82, 2.24) is 5.32 Å². The lowest BCUT2D eigenvalue weighted by Crippen LogP contribution is -2.41. The minimum absolute atomic E-state index is 0.0708. The van der Waals surface area contributed by atoms with Gasteiger partial charge in [0.2, 0.25) is 5.91 Å². The highest BCUT2D eigenvalue weighted by molar-refractivity contribution is 9.10. The third kappa shape index (κ3) is 4.34. The molecule has 1 unspecified atom stereocenters. The smallest absolute Gasteiger partial charge is 0.242 e. The summed E-state index contributed by atoms with van der Waals surface area (Å²) in [7, 11) is 0. The molecule has 17 heavy (non-hydrogen) atoms. The average molecular weight is 303 g/mol. The largest absolute Gasteiger partial charge is 0.372 e. The molecule has 0 heterocycles. The first-order chi connectivity index (χ1) is 7.90. The summed E-state index contributed by atoms with van der Waals surface area (Å²) in [6.07, 6.45) is 0. The molecule has 94 valence electrons. The van der Waals surface area contributed by atoms with Crippen LogP contribution in [-0.4, -0.2) is 18.0 Å². The quantitative estimate of drug-likeness (QED) is 0.898. The fourth-order valence-corrected chi connectivity index (χ4v) is 1.65. The molecule has 0 radical (unpaired) electrons. The Morgan fingerprint density at radius 2 is 2.00 bits per heavy atom. The average Bonchev–Trinajstić information content (AvgIpc) is 2.21. The zero-order valence-electron chi connectivity index (χ0n) is 10.1. The maximum atomic E-state index is 13.5. The lowest BCUT2D eigenvalue weighted by Gasteiger charge is -2.17. The van der Waals surface area contributed by atoms with E-state index in [1.54, 1.807) is 19.1 Å². The van der Waals surface area contributed by atoms with Gasteiger partial charge in [0.25, 0.3) is 0 Å². The topological polar surface area (TPSA) is 41.1 Å². The van der Waals surface area contributed by atoms with Gasteiger partial charge < -0.3 is 10.6 Å². The first-order valence-electron chi connectivity index (χ1n) is 5.42. The molecule has 1 atom stereocenters. The van der Waals surface area contributed by atoms with Crippen molar-refractivity contribution in [3.63, 3.8) is 0 Å². The van der Waals surface area contributed by atoms with Crippen LogP contribution in [0.5, 0.6) is 0 Å². The van der Waals surface area contributed by atoms with Crippen LogP contribution in [-0.2, 0) is 4.79 Å². The van der Waals surface area contributed by atoms with Gasteiger partial charge in [0.05, 0.1) is 5.69 Å². The normalized spacial score (nSPS) is 12.4. The second kappa shape index (κ2) is 6.00. The summed E-state index contributed by atoms with van der Waals surface area (Å²) in [5.74, 6) is -0.536. The molecule has 2 N–H and O–H groups in total. The summed E-state index contributed by atoms with van der Waals surface area (Å²) in [5.41, 5.74) is 0.319. The molecule has 0 bridgehead atoms. The fourth-order valence-electron chi connectivity index (χ4n) is 1.31. The van der Waals surface area contributed by atoms with Crippen molar-refractivity contribution in [3.8, 4) is 0 Å². The lowest BCUT2D eigenvalue weighted by atomic mass is 10.2. The molecule has 0 aliphatic rings. The zero-order valence-corrected chi connectivity index (χ0v) is 11.6. The molecule has 0 saturated heterocycles. The second-order valence-corrected chi connectivity index (χ2v) is 5.07. The van der Waals surface area contributed by atoms with Crippen molar-refractivity contribution in [1.29, 1.82) is 0 Å². The summed E-state index contributed by atoms with van der Waals surface area (Å²) in [4.78, 5) is 11.6. The van der Waals surface area contributed by atoms with E-state index >= 15 is 0 Å². The van der Waals surface area contributed by atoms with E-state index in [1.807, 2.05) is 13.8 Å². The molecule has 0 aliphatic heterocycles. The second-order valence-electron chi connectivity index (χ2n) is 4.15. The Morgan fingerprint density at radius 1 is 1.35 bits per heavy atom. The minimum atomic E-state index is -0.479. The van der Waals surface area contributed by atoms with Crippen molar-refractivity contribution in [2.24, 2.45) is 0 Å². The number of hydrogen-bond acceptors (Lipinski definition) is 2. The van der Waals surface area contributed by atoms with Crippen molar-refractivity contribution in [2.75, 3.05) is 5.32 Å². The molecule has 0 aliphatic carbocycles. The number of amides is 1. The first-order valence-corrected chi connectivity index (χ1v) is 6.21. The van der Waals surface area contributed by atoms with E-state index in [0.29, 0.717) is 10.2 Å². The fraction of sp³-hybridized carbons (Fsp3) is 0.417. The molecule has 1 aromatic carbocycles. The van der Waals surface area contributed by atoms with Gasteiger partial charge in [0.15, 0.2) is 0 Å². The van der Waals surface area contributed by atoms with E-state index in [-0.39, 0.29) is 17.8 Å². The van der Waals surface area contributed by atoms with Crippen LogP contribution in [0.1, 0.15) is 20.8 Å². The summed E-state index contributed by atoms with van der Waals surface area (Å²) >= 11 is 3.18. The van der Waals surface area contributed by atoms with Crippen molar-refractivity contribution in [2.45, 2.75) is 32.9 Å². The first kappa shape index (κ1) is 14.0. The molecular weight excluding hydrogens is 287 g/mol. The number of carbonyl (C=O) groups is 1. The number of halogens is 2. The molecular formula is C12H16BrFN2O.